The van der Waals surface area contributed by atoms with Crippen LogP contribution in [-0.2, 0) is 0 Å². The molecule has 5 heteroatoms. The van der Waals surface area contributed by atoms with Crippen molar-refractivity contribution in [2.45, 2.75) is 0 Å². The maximum Gasteiger partial charge on any atom is 0.253 e. The van der Waals surface area contributed by atoms with Crippen LogP contribution in [0.15, 0.2) is 30.3 Å². The average molecular weight is 360 g/mol. The minimum absolute atomic E-state index is 0.178. The molecule has 2 heterocycles. The lowest BCUT2D eigenvalue weighted by Crippen LogP contribution is -2.71. The Hall–Kier alpha value is -0.270. The van der Waals surface area contributed by atoms with Crippen molar-refractivity contribution >= 4 is 36.2 Å². The molecule has 2 saturated heterocycles. The molecule has 0 aromatic heterocycles. The highest BCUT2D eigenvalue weighted by Gasteiger charge is 2.53. The molecule has 1 aromatic rings. The van der Waals surface area contributed by atoms with E-state index in [-0.39, 0.29) is 5.91 Å². The molecule has 0 saturated carbocycles. The molecule has 0 bridgehead atoms. The molecular formula is C12H13IN2OS. The standard InChI is InChI=1S/C12H13IN2OS/c13-17-15-8-12(9-15)6-14(7-12)11(16)10-4-2-1-3-5-10/h1-5H,6-9H2. The highest BCUT2D eigenvalue weighted by molar-refractivity contribution is 14.2. The summed E-state index contributed by atoms with van der Waals surface area (Å²) < 4.78 is 2.34. The third-order valence-electron chi connectivity index (χ3n) is 3.48. The van der Waals surface area contributed by atoms with Crippen LogP contribution >= 0.6 is 30.3 Å². The molecule has 2 fully saturated rings. The molecule has 3 nitrogen and oxygen atoms in total. The summed E-state index contributed by atoms with van der Waals surface area (Å²) >= 11 is 2.31. The summed E-state index contributed by atoms with van der Waals surface area (Å²) in [5, 5.41) is 0. The fourth-order valence-corrected chi connectivity index (χ4v) is 4.10. The minimum atomic E-state index is 0.178. The lowest BCUT2D eigenvalue weighted by Gasteiger charge is -2.59. The quantitative estimate of drug-likeness (QED) is 0.598. The first kappa shape index (κ1) is 11.8. The van der Waals surface area contributed by atoms with E-state index in [1.165, 1.54) is 0 Å². The number of rotatable bonds is 2. The largest absolute Gasteiger partial charge is 0.337 e. The Balaban J connectivity index is 1.58. The molecule has 3 rings (SSSR count). The molecule has 1 spiro atoms. The predicted molar refractivity (Wildman–Crippen MR) is 78.0 cm³/mol. The van der Waals surface area contributed by atoms with Gasteiger partial charge in [0.15, 0.2) is 0 Å². The predicted octanol–water partition coefficient (Wildman–Crippen LogP) is 2.44. The van der Waals surface area contributed by atoms with E-state index in [9.17, 15) is 4.79 Å². The van der Waals surface area contributed by atoms with Crippen molar-refractivity contribution in [3.63, 3.8) is 0 Å². The van der Waals surface area contributed by atoms with Gasteiger partial charge in [0, 0.05) is 58.4 Å². The van der Waals surface area contributed by atoms with E-state index >= 15 is 0 Å². The summed E-state index contributed by atoms with van der Waals surface area (Å²) in [5.74, 6) is 0.178. The number of carbonyl (C=O) groups is 1. The van der Waals surface area contributed by atoms with Gasteiger partial charge < -0.3 is 4.90 Å². The van der Waals surface area contributed by atoms with Crippen molar-refractivity contribution in [1.29, 1.82) is 0 Å². The molecule has 1 amide bonds. The number of hydrogen-bond donors (Lipinski definition) is 0. The zero-order valence-electron chi connectivity index (χ0n) is 9.30. The molecule has 2 aliphatic heterocycles. The van der Waals surface area contributed by atoms with Gasteiger partial charge in [0.2, 0.25) is 0 Å². The van der Waals surface area contributed by atoms with Crippen LogP contribution in [-0.4, -0.2) is 41.3 Å². The topological polar surface area (TPSA) is 23.6 Å². The number of carbonyl (C=O) groups excluding carboxylic acids is 1. The molecule has 0 aliphatic carbocycles. The zero-order valence-corrected chi connectivity index (χ0v) is 12.3. The Morgan fingerprint density at radius 3 is 2.41 bits per heavy atom. The molecule has 17 heavy (non-hydrogen) atoms. The van der Waals surface area contributed by atoms with Crippen molar-refractivity contribution in [2.75, 3.05) is 26.2 Å². The molecular weight excluding hydrogens is 347 g/mol. The highest BCUT2D eigenvalue weighted by Crippen LogP contribution is 2.44. The first-order valence-corrected chi connectivity index (χ1v) is 8.92. The normalized spacial score (nSPS) is 22.1. The fourth-order valence-electron chi connectivity index (χ4n) is 2.62. The number of hydrogen-bond acceptors (Lipinski definition) is 3. The van der Waals surface area contributed by atoms with E-state index in [1.807, 2.05) is 35.2 Å². The van der Waals surface area contributed by atoms with Gasteiger partial charge >= 0.3 is 0 Å². The Bertz CT molecular complexity index is 425. The monoisotopic (exact) mass is 360 g/mol. The SMILES string of the molecule is O=C(c1ccccc1)N1CC2(CN(SI)C2)C1. The number of amides is 1. The number of likely N-dealkylation sites (tertiary alicyclic amines) is 1. The zero-order chi connectivity index (χ0) is 11.9. The highest BCUT2D eigenvalue weighted by atomic mass is 127. The molecule has 1 aromatic carbocycles. The van der Waals surface area contributed by atoms with Gasteiger partial charge in [-0.25, -0.2) is 4.31 Å². The van der Waals surface area contributed by atoms with Gasteiger partial charge in [-0.05, 0) is 21.3 Å². The summed E-state index contributed by atoms with van der Waals surface area (Å²) in [6, 6.07) is 9.55. The summed E-state index contributed by atoms with van der Waals surface area (Å²) in [6.07, 6.45) is 0. The van der Waals surface area contributed by atoms with Crippen LogP contribution in [0.3, 0.4) is 0 Å². The summed E-state index contributed by atoms with van der Waals surface area (Å²) in [7, 11) is 1.77. The fraction of sp³-hybridized carbons (Fsp3) is 0.417. The molecule has 0 unspecified atom stereocenters. The van der Waals surface area contributed by atoms with E-state index in [2.05, 4.69) is 25.5 Å². The van der Waals surface area contributed by atoms with E-state index < -0.39 is 0 Å². The third-order valence-corrected chi connectivity index (χ3v) is 5.61. The smallest absolute Gasteiger partial charge is 0.253 e. The van der Waals surface area contributed by atoms with E-state index in [4.69, 9.17) is 0 Å². The maximum atomic E-state index is 12.1. The Morgan fingerprint density at radius 2 is 1.82 bits per heavy atom. The lowest BCUT2D eigenvalue weighted by molar-refractivity contribution is -0.0589. The van der Waals surface area contributed by atoms with Gasteiger partial charge in [0.1, 0.15) is 0 Å². The van der Waals surface area contributed by atoms with Gasteiger partial charge in [-0.15, -0.1) is 0 Å². The minimum Gasteiger partial charge on any atom is -0.337 e. The summed E-state index contributed by atoms with van der Waals surface area (Å²) in [4.78, 5) is 14.1. The second kappa shape index (κ2) is 4.44. The summed E-state index contributed by atoms with van der Waals surface area (Å²) in [5.41, 5.74) is 1.21. The van der Waals surface area contributed by atoms with Gasteiger partial charge in [0.25, 0.3) is 5.91 Å². The van der Waals surface area contributed by atoms with Crippen molar-refractivity contribution in [3.05, 3.63) is 35.9 Å². The Morgan fingerprint density at radius 1 is 1.18 bits per heavy atom. The Kier molecular flexibility index (Phi) is 3.08. The van der Waals surface area contributed by atoms with Crippen LogP contribution in [0.5, 0.6) is 0 Å². The van der Waals surface area contributed by atoms with Crippen LogP contribution in [0, 0.1) is 5.41 Å². The summed E-state index contributed by atoms with van der Waals surface area (Å²) in [6.45, 7) is 4.10. The molecule has 90 valence electrons. The van der Waals surface area contributed by atoms with Crippen LogP contribution < -0.4 is 0 Å². The third kappa shape index (κ3) is 2.08. The molecule has 0 radical (unpaired) electrons. The first-order chi connectivity index (χ1) is 8.22. The van der Waals surface area contributed by atoms with E-state index in [0.717, 1.165) is 31.7 Å². The van der Waals surface area contributed by atoms with Crippen LogP contribution in [0.1, 0.15) is 10.4 Å². The van der Waals surface area contributed by atoms with Crippen LogP contribution in [0.25, 0.3) is 0 Å². The first-order valence-electron chi connectivity index (χ1n) is 5.60. The van der Waals surface area contributed by atoms with Crippen molar-refractivity contribution in [3.8, 4) is 0 Å². The lowest BCUT2D eigenvalue weighted by atomic mass is 9.74. The average Bonchev–Trinajstić information content (AvgIpc) is 2.27. The second-order valence-corrected chi connectivity index (χ2v) is 6.73. The van der Waals surface area contributed by atoms with Crippen LogP contribution in [0.2, 0.25) is 0 Å². The van der Waals surface area contributed by atoms with E-state index in [1.54, 1.807) is 9.12 Å². The van der Waals surface area contributed by atoms with Gasteiger partial charge in [-0.3, -0.25) is 4.79 Å². The van der Waals surface area contributed by atoms with Crippen LogP contribution in [0.4, 0.5) is 0 Å². The molecule has 2 aliphatic rings. The number of nitrogens with zero attached hydrogens (tertiary/aromatic N) is 2. The maximum absolute atomic E-state index is 12.1. The Labute approximate surface area is 117 Å². The van der Waals surface area contributed by atoms with Gasteiger partial charge in [-0.2, -0.15) is 0 Å². The van der Waals surface area contributed by atoms with Crippen molar-refractivity contribution in [1.82, 2.24) is 9.21 Å². The number of halogens is 1. The molecule has 0 atom stereocenters. The van der Waals surface area contributed by atoms with E-state index in [0.29, 0.717) is 5.41 Å². The van der Waals surface area contributed by atoms with Crippen molar-refractivity contribution < 1.29 is 4.79 Å². The number of benzene rings is 1. The van der Waals surface area contributed by atoms with Gasteiger partial charge in [-0.1, -0.05) is 18.2 Å². The van der Waals surface area contributed by atoms with Gasteiger partial charge in [0.05, 0.1) is 0 Å². The molecule has 0 N–H and O–H groups in total. The second-order valence-electron chi connectivity index (χ2n) is 4.89. The van der Waals surface area contributed by atoms with Crippen molar-refractivity contribution in [2.24, 2.45) is 5.41 Å².